The standard InChI is InChI=1S/C22H20N2O4S/c1-3-5-10-26-16-8-6-7-15(11-16)21(25)23-22-24(9-4-2)17-12-18-19(28-14-27-18)13-20(17)29-22/h2,6-8,11-13H,3,5,9-10,14H2,1H3. The number of ether oxygens (including phenoxy) is 3. The Labute approximate surface area is 172 Å². The lowest BCUT2D eigenvalue weighted by atomic mass is 10.2. The largest absolute Gasteiger partial charge is 0.494 e. The van der Waals surface area contributed by atoms with Crippen LogP contribution in [0.25, 0.3) is 10.2 Å². The first-order chi connectivity index (χ1) is 14.2. The Kier molecular flexibility index (Phi) is 5.54. The lowest BCUT2D eigenvalue weighted by molar-refractivity contribution is 0.0997. The van der Waals surface area contributed by atoms with Crippen LogP contribution in [0, 0.1) is 12.3 Å². The highest BCUT2D eigenvalue weighted by molar-refractivity contribution is 7.16. The first-order valence-corrected chi connectivity index (χ1v) is 10.2. The van der Waals surface area contributed by atoms with Crippen molar-refractivity contribution >= 4 is 27.5 Å². The quantitative estimate of drug-likeness (QED) is 0.457. The van der Waals surface area contributed by atoms with Crippen molar-refractivity contribution in [2.75, 3.05) is 13.4 Å². The van der Waals surface area contributed by atoms with Gasteiger partial charge in [-0.15, -0.1) is 6.42 Å². The summed E-state index contributed by atoms with van der Waals surface area (Å²) in [7, 11) is 0. The molecule has 4 rings (SSSR count). The Hall–Kier alpha value is -3.24. The molecule has 1 aliphatic rings. The number of amides is 1. The molecule has 1 aromatic heterocycles. The van der Waals surface area contributed by atoms with Crippen molar-refractivity contribution in [2.45, 2.75) is 26.3 Å². The van der Waals surface area contributed by atoms with Gasteiger partial charge in [0.15, 0.2) is 16.3 Å². The fourth-order valence-electron chi connectivity index (χ4n) is 2.99. The monoisotopic (exact) mass is 408 g/mol. The van der Waals surface area contributed by atoms with Gasteiger partial charge in [0.05, 0.1) is 23.4 Å². The van der Waals surface area contributed by atoms with Gasteiger partial charge in [0.25, 0.3) is 5.91 Å². The predicted octanol–water partition coefficient (Wildman–Crippen LogP) is 3.98. The van der Waals surface area contributed by atoms with Crippen molar-refractivity contribution in [2.24, 2.45) is 4.99 Å². The van der Waals surface area contributed by atoms with E-state index in [0.29, 0.717) is 40.8 Å². The van der Waals surface area contributed by atoms with E-state index < -0.39 is 0 Å². The summed E-state index contributed by atoms with van der Waals surface area (Å²) < 4.78 is 19.4. The molecular weight excluding hydrogens is 388 g/mol. The molecule has 1 aliphatic heterocycles. The maximum Gasteiger partial charge on any atom is 0.279 e. The molecule has 6 nitrogen and oxygen atoms in total. The average Bonchev–Trinajstić information content (AvgIpc) is 3.31. The molecule has 1 amide bonds. The summed E-state index contributed by atoms with van der Waals surface area (Å²) in [6.45, 7) is 3.23. The number of carbonyl (C=O) groups excluding carboxylic acids is 1. The molecule has 0 saturated carbocycles. The zero-order chi connectivity index (χ0) is 20.2. The third-order valence-corrected chi connectivity index (χ3v) is 5.51. The zero-order valence-electron chi connectivity index (χ0n) is 16.0. The molecule has 0 fully saturated rings. The van der Waals surface area contributed by atoms with Crippen molar-refractivity contribution in [3.63, 3.8) is 0 Å². The second-order valence-electron chi connectivity index (χ2n) is 6.49. The molecule has 29 heavy (non-hydrogen) atoms. The Balaban J connectivity index is 1.70. The first-order valence-electron chi connectivity index (χ1n) is 9.38. The van der Waals surface area contributed by atoms with Crippen LogP contribution in [0.4, 0.5) is 0 Å². The number of fused-ring (bicyclic) bond motifs is 2. The van der Waals surface area contributed by atoms with Gasteiger partial charge in [-0.05, 0) is 24.6 Å². The molecule has 2 heterocycles. The minimum atomic E-state index is -0.344. The number of thiazole rings is 1. The van der Waals surface area contributed by atoms with Gasteiger partial charge in [-0.2, -0.15) is 4.99 Å². The fraction of sp³-hybridized carbons (Fsp3) is 0.273. The average molecular weight is 408 g/mol. The van der Waals surface area contributed by atoms with Crippen LogP contribution in [-0.2, 0) is 6.54 Å². The van der Waals surface area contributed by atoms with Crippen molar-refractivity contribution in [1.82, 2.24) is 4.57 Å². The molecule has 0 spiro atoms. The number of hydrogen-bond donors (Lipinski definition) is 0. The lowest BCUT2D eigenvalue weighted by Crippen LogP contribution is -2.16. The molecule has 0 bridgehead atoms. The van der Waals surface area contributed by atoms with Crippen LogP contribution in [0.5, 0.6) is 17.2 Å². The summed E-state index contributed by atoms with van der Waals surface area (Å²) in [4.78, 5) is 17.7. The third kappa shape index (κ3) is 3.98. The van der Waals surface area contributed by atoms with Gasteiger partial charge in [-0.3, -0.25) is 4.79 Å². The number of hydrogen-bond acceptors (Lipinski definition) is 5. The Morgan fingerprint density at radius 3 is 2.93 bits per heavy atom. The van der Waals surface area contributed by atoms with E-state index in [1.165, 1.54) is 11.3 Å². The smallest absolute Gasteiger partial charge is 0.279 e. The molecule has 0 unspecified atom stereocenters. The molecule has 2 aromatic carbocycles. The molecule has 148 valence electrons. The van der Waals surface area contributed by atoms with Crippen LogP contribution in [0.1, 0.15) is 30.1 Å². The molecular formula is C22H20N2O4S. The van der Waals surface area contributed by atoms with E-state index in [4.69, 9.17) is 20.6 Å². The van der Waals surface area contributed by atoms with Crippen molar-refractivity contribution < 1.29 is 19.0 Å². The van der Waals surface area contributed by atoms with E-state index in [-0.39, 0.29) is 12.7 Å². The summed E-state index contributed by atoms with van der Waals surface area (Å²) in [6, 6.07) is 10.8. The number of benzene rings is 2. The number of unbranched alkanes of at least 4 members (excludes halogenated alkanes) is 1. The van der Waals surface area contributed by atoms with E-state index in [1.807, 2.05) is 22.8 Å². The van der Waals surface area contributed by atoms with Gasteiger partial charge in [0.2, 0.25) is 6.79 Å². The van der Waals surface area contributed by atoms with Crippen LogP contribution >= 0.6 is 11.3 Å². The topological polar surface area (TPSA) is 62.1 Å². The van der Waals surface area contributed by atoms with Crippen LogP contribution in [0.2, 0.25) is 0 Å². The van der Waals surface area contributed by atoms with Gasteiger partial charge in [-0.25, -0.2) is 0 Å². The second kappa shape index (κ2) is 8.41. The summed E-state index contributed by atoms with van der Waals surface area (Å²) >= 11 is 1.39. The van der Waals surface area contributed by atoms with Crippen LogP contribution in [-0.4, -0.2) is 23.9 Å². The normalized spacial score (nSPS) is 12.9. The number of carbonyl (C=O) groups is 1. The fourth-order valence-corrected chi connectivity index (χ4v) is 4.03. The summed E-state index contributed by atoms with van der Waals surface area (Å²) in [5, 5.41) is 0. The molecule has 0 saturated heterocycles. The van der Waals surface area contributed by atoms with Gasteiger partial charge in [-0.1, -0.05) is 36.7 Å². The maximum absolute atomic E-state index is 12.8. The maximum atomic E-state index is 12.8. The highest BCUT2D eigenvalue weighted by Crippen LogP contribution is 2.36. The minimum Gasteiger partial charge on any atom is -0.494 e. The minimum absolute atomic E-state index is 0.203. The molecule has 0 atom stereocenters. The molecule has 0 N–H and O–H groups in total. The highest BCUT2D eigenvalue weighted by atomic mass is 32.1. The van der Waals surface area contributed by atoms with Crippen LogP contribution in [0.15, 0.2) is 41.4 Å². The third-order valence-electron chi connectivity index (χ3n) is 4.47. The summed E-state index contributed by atoms with van der Waals surface area (Å²) in [5.74, 6) is 4.29. The van der Waals surface area contributed by atoms with Gasteiger partial charge < -0.3 is 18.8 Å². The predicted molar refractivity (Wildman–Crippen MR) is 112 cm³/mol. The van der Waals surface area contributed by atoms with Crippen LogP contribution in [0.3, 0.4) is 0 Å². The zero-order valence-corrected chi connectivity index (χ0v) is 16.8. The summed E-state index contributed by atoms with van der Waals surface area (Å²) in [6.07, 6.45) is 7.56. The van der Waals surface area contributed by atoms with Crippen molar-refractivity contribution in [3.8, 4) is 29.6 Å². The van der Waals surface area contributed by atoms with Crippen molar-refractivity contribution in [1.29, 1.82) is 0 Å². The number of rotatable bonds is 6. The van der Waals surface area contributed by atoms with Gasteiger partial charge in [0.1, 0.15) is 5.75 Å². The van der Waals surface area contributed by atoms with Gasteiger partial charge >= 0.3 is 0 Å². The van der Waals surface area contributed by atoms with Crippen molar-refractivity contribution in [3.05, 3.63) is 46.8 Å². The van der Waals surface area contributed by atoms with E-state index in [0.717, 1.165) is 23.1 Å². The molecule has 0 aliphatic carbocycles. The molecule has 3 aromatic rings. The Morgan fingerprint density at radius 1 is 1.31 bits per heavy atom. The molecule has 0 radical (unpaired) electrons. The van der Waals surface area contributed by atoms with E-state index in [1.54, 1.807) is 18.2 Å². The molecule has 7 heteroatoms. The van der Waals surface area contributed by atoms with E-state index in [2.05, 4.69) is 17.8 Å². The first kappa shape index (κ1) is 19.1. The highest BCUT2D eigenvalue weighted by Gasteiger charge is 2.18. The SMILES string of the molecule is C#CCn1c(=NC(=O)c2cccc(OCCCC)c2)sc2cc3c(cc21)OCO3. The van der Waals surface area contributed by atoms with Crippen LogP contribution < -0.4 is 19.0 Å². The number of aromatic nitrogens is 1. The van der Waals surface area contributed by atoms with E-state index in [9.17, 15) is 4.79 Å². The Morgan fingerprint density at radius 2 is 2.14 bits per heavy atom. The number of nitrogens with zero attached hydrogens (tertiary/aromatic N) is 2. The lowest BCUT2D eigenvalue weighted by Gasteiger charge is -2.06. The second-order valence-corrected chi connectivity index (χ2v) is 7.50. The van der Waals surface area contributed by atoms with E-state index >= 15 is 0 Å². The summed E-state index contributed by atoms with van der Waals surface area (Å²) in [5.41, 5.74) is 1.33. The van der Waals surface area contributed by atoms with Gasteiger partial charge in [0, 0.05) is 17.7 Å². The number of terminal acetylenes is 1. The Bertz CT molecular complexity index is 1170.